The molecule has 34 heavy (non-hydrogen) atoms. The van der Waals surface area contributed by atoms with Crippen LogP contribution in [0.15, 0.2) is 35.1 Å². The molecule has 0 radical (unpaired) electrons. The van der Waals surface area contributed by atoms with E-state index < -0.39 is 0 Å². The Morgan fingerprint density at radius 2 is 1.56 bits per heavy atom. The molecule has 0 saturated heterocycles. The van der Waals surface area contributed by atoms with Crippen LogP contribution >= 0.6 is 11.3 Å². The monoisotopic (exact) mass is 483 g/mol. The van der Waals surface area contributed by atoms with Gasteiger partial charge in [-0.25, -0.2) is 4.98 Å². The van der Waals surface area contributed by atoms with Gasteiger partial charge in [-0.2, -0.15) is 4.52 Å². The van der Waals surface area contributed by atoms with Crippen LogP contribution in [0.5, 0.6) is 28.7 Å². The number of rotatable bonds is 9. The number of nitrogens with zero attached hydrogens (tertiary/aromatic N) is 3. The first-order valence-electron chi connectivity index (χ1n) is 10.4. The molecule has 0 aliphatic carbocycles. The van der Waals surface area contributed by atoms with Crippen LogP contribution in [0.25, 0.3) is 11.0 Å². The molecule has 0 aliphatic heterocycles. The summed E-state index contributed by atoms with van der Waals surface area (Å²) in [5.74, 6) is 3.47. The summed E-state index contributed by atoms with van der Waals surface area (Å²) in [6.07, 6.45) is 2.96. The van der Waals surface area contributed by atoms with Gasteiger partial charge in [0.25, 0.3) is 5.56 Å². The molecule has 0 saturated carbocycles. The molecule has 10 heteroatoms. The van der Waals surface area contributed by atoms with Crippen LogP contribution < -0.4 is 33.8 Å². The van der Waals surface area contributed by atoms with Crippen molar-refractivity contribution in [1.29, 1.82) is 0 Å². The molecule has 0 unspecified atom stereocenters. The standard InChI is InChI=1S/C24H25N3O6S/c1-29-16-8-6-7-15(21(16)32-4)13-19-23(28)27-24(34-19)25-20(26-27)10-9-14-11-17(30-2)22(33-5)18(12-14)31-3/h6-8,11-13H,9-10H2,1-5H3/b19-13-. The maximum Gasteiger partial charge on any atom is 0.291 e. The largest absolute Gasteiger partial charge is 0.493 e. The van der Waals surface area contributed by atoms with E-state index in [0.717, 1.165) is 11.1 Å². The molecule has 0 atom stereocenters. The molecule has 2 aromatic heterocycles. The minimum absolute atomic E-state index is 0.226. The average molecular weight is 484 g/mol. The SMILES string of the molecule is COc1cccc(/C=c2\sc3nc(CCc4cc(OC)c(OC)c(OC)c4)nn3c2=O)c1OC. The van der Waals surface area contributed by atoms with Crippen LogP contribution in [0, 0.1) is 0 Å². The highest BCUT2D eigenvalue weighted by atomic mass is 32.1. The fraction of sp³-hybridized carbons (Fsp3) is 0.292. The molecule has 0 spiro atoms. The van der Waals surface area contributed by atoms with Gasteiger partial charge in [0.2, 0.25) is 10.7 Å². The normalized spacial score (nSPS) is 11.6. The van der Waals surface area contributed by atoms with E-state index in [1.54, 1.807) is 47.7 Å². The second kappa shape index (κ2) is 10.0. The summed E-state index contributed by atoms with van der Waals surface area (Å²) in [4.78, 5) is 18.0. The van der Waals surface area contributed by atoms with Crippen molar-refractivity contribution >= 4 is 22.4 Å². The van der Waals surface area contributed by atoms with E-state index in [9.17, 15) is 4.79 Å². The van der Waals surface area contributed by atoms with Crippen molar-refractivity contribution in [3.63, 3.8) is 0 Å². The smallest absolute Gasteiger partial charge is 0.291 e. The molecular formula is C24H25N3O6S. The number of aromatic nitrogens is 3. The van der Waals surface area contributed by atoms with Crippen molar-refractivity contribution < 1.29 is 23.7 Å². The summed E-state index contributed by atoms with van der Waals surface area (Å²) in [5, 5.41) is 4.43. The Hall–Kier alpha value is -3.79. The number of hydrogen-bond donors (Lipinski definition) is 0. The Morgan fingerprint density at radius 3 is 2.15 bits per heavy atom. The first-order chi connectivity index (χ1) is 16.5. The third-order valence-corrected chi connectivity index (χ3v) is 6.27. The second-order valence-electron chi connectivity index (χ2n) is 7.25. The number of methoxy groups -OCH3 is 5. The van der Waals surface area contributed by atoms with Crippen molar-refractivity contribution in [2.45, 2.75) is 12.8 Å². The van der Waals surface area contributed by atoms with Crippen molar-refractivity contribution in [1.82, 2.24) is 14.6 Å². The molecule has 4 rings (SSSR count). The third-order valence-electron chi connectivity index (χ3n) is 5.31. The van der Waals surface area contributed by atoms with Crippen LogP contribution in [0.3, 0.4) is 0 Å². The molecule has 0 amide bonds. The fourth-order valence-corrected chi connectivity index (χ4v) is 4.60. The molecule has 2 heterocycles. The van der Waals surface area contributed by atoms with Crippen LogP contribution in [-0.4, -0.2) is 50.1 Å². The molecule has 4 aromatic rings. The highest BCUT2D eigenvalue weighted by Crippen LogP contribution is 2.38. The van der Waals surface area contributed by atoms with E-state index >= 15 is 0 Å². The minimum atomic E-state index is -0.226. The zero-order chi connectivity index (χ0) is 24.2. The van der Waals surface area contributed by atoms with Crippen molar-refractivity contribution in [3.8, 4) is 28.7 Å². The first-order valence-corrected chi connectivity index (χ1v) is 11.2. The van der Waals surface area contributed by atoms with Gasteiger partial charge in [-0.05, 0) is 36.3 Å². The Labute approximate surface area is 200 Å². The van der Waals surface area contributed by atoms with Gasteiger partial charge in [-0.3, -0.25) is 4.79 Å². The van der Waals surface area contributed by atoms with Crippen LogP contribution in [0.4, 0.5) is 0 Å². The summed E-state index contributed by atoms with van der Waals surface area (Å²) >= 11 is 1.28. The maximum absolute atomic E-state index is 12.9. The average Bonchev–Trinajstić information content (AvgIpc) is 3.39. The zero-order valence-electron chi connectivity index (χ0n) is 19.6. The number of para-hydroxylation sites is 1. The molecule has 0 bridgehead atoms. The van der Waals surface area contributed by atoms with E-state index in [2.05, 4.69) is 10.1 Å². The third kappa shape index (κ3) is 4.36. The van der Waals surface area contributed by atoms with Gasteiger partial charge in [-0.1, -0.05) is 23.5 Å². The number of hydrogen-bond acceptors (Lipinski definition) is 9. The maximum atomic E-state index is 12.9. The summed E-state index contributed by atoms with van der Waals surface area (Å²) in [7, 11) is 7.87. The molecule has 0 N–H and O–H groups in total. The van der Waals surface area contributed by atoms with Crippen molar-refractivity contribution in [3.05, 3.63) is 62.2 Å². The summed E-state index contributed by atoms with van der Waals surface area (Å²) in [5.41, 5.74) is 1.50. The molecule has 2 aromatic carbocycles. The summed E-state index contributed by atoms with van der Waals surface area (Å²) in [6, 6.07) is 9.30. The van der Waals surface area contributed by atoms with Crippen molar-refractivity contribution in [2.24, 2.45) is 0 Å². The van der Waals surface area contributed by atoms with Gasteiger partial charge in [0.15, 0.2) is 28.8 Å². The van der Waals surface area contributed by atoms with Crippen LogP contribution in [-0.2, 0) is 12.8 Å². The number of fused-ring (bicyclic) bond motifs is 1. The van der Waals surface area contributed by atoms with Crippen molar-refractivity contribution in [2.75, 3.05) is 35.5 Å². The zero-order valence-corrected chi connectivity index (χ0v) is 20.4. The quantitative estimate of drug-likeness (QED) is 0.359. The minimum Gasteiger partial charge on any atom is -0.493 e. The second-order valence-corrected chi connectivity index (χ2v) is 8.26. The lowest BCUT2D eigenvalue weighted by molar-refractivity contribution is 0.324. The Morgan fingerprint density at radius 1 is 0.882 bits per heavy atom. The molecule has 9 nitrogen and oxygen atoms in total. The molecule has 0 aliphatic rings. The van der Waals surface area contributed by atoms with E-state index in [0.29, 0.717) is 56.9 Å². The van der Waals surface area contributed by atoms with Gasteiger partial charge >= 0.3 is 0 Å². The predicted octanol–water partition coefficient (Wildman–Crippen LogP) is 2.53. The fourth-order valence-electron chi connectivity index (χ4n) is 3.68. The Bertz CT molecular complexity index is 1400. The van der Waals surface area contributed by atoms with Gasteiger partial charge in [0, 0.05) is 12.0 Å². The van der Waals surface area contributed by atoms with E-state index in [1.165, 1.54) is 15.9 Å². The van der Waals surface area contributed by atoms with Gasteiger partial charge in [0.05, 0.1) is 40.1 Å². The summed E-state index contributed by atoms with van der Waals surface area (Å²) in [6.45, 7) is 0. The molecule has 178 valence electrons. The number of ether oxygens (including phenoxy) is 5. The highest BCUT2D eigenvalue weighted by Gasteiger charge is 2.15. The first kappa shape index (κ1) is 23.4. The van der Waals surface area contributed by atoms with E-state index in [4.69, 9.17) is 23.7 Å². The topological polar surface area (TPSA) is 93.4 Å². The van der Waals surface area contributed by atoms with E-state index in [-0.39, 0.29) is 5.56 Å². The molecule has 0 fully saturated rings. The number of aryl methyl sites for hydroxylation is 2. The lowest BCUT2D eigenvalue weighted by atomic mass is 10.1. The lowest BCUT2D eigenvalue weighted by Crippen LogP contribution is -2.24. The number of thiazole rings is 1. The predicted molar refractivity (Wildman–Crippen MR) is 129 cm³/mol. The highest BCUT2D eigenvalue weighted by molar-refractivity contribution is 7.15. The van der Waals surface area contributed by atoms with Gasteiger partial charge < -0.3 is 23.7 Å². The Balaban J connectivity index is 1.60. The van der Waals surface area contributed by atoms with Gasteiger partial charge in [-0.15, -0.1) is 5.10 Å². The van der Waals surface area contributed by atoms with Crippen LogP contribution in [0.1, 0.15) is 17.0 Å². The lowest BCUT2D eigenvalue weighted by Gasteiger charge is -2.13. The molecular weight excluding hydrogens is 458 g/mol. The number of benzene rings is 2. The summed E-state index contributed by atoms with van der Waals surface area (Å²) < 4.78 is 28.9. The Kier molecular flexibility index (Phi) is 6.87. The van der Waals surface area contributed by atoms with E-state index in [1.807, 2.05) is 24.3 Å². The van der Waals surface area contributed by atoms with Gasteiger partial charge in [0.1, 0.15) is 0 Å². The van der Waals surface area contributed by atoms with Crippen LogP contribution in [0.2, 0.25) is 0 Å².